The lowest BCUT2D eigenvalue weighted by molar-refractivity contribution is -0.172. The molecular weight excluding hydrogens is 480 g/mol. The largest absolute Gasteiger partial charge is 0.469 e. The van der Waals surface area contributed by atoms with Crippen LogP contribution in [0.2, 0.25) is 5.21 Å². The molecular formula is C16H16B3IO8. The summed E-state index contributed by atoms with van der Waals surface area (Å²) in [6.45, 7) is 0.615. The highest BCUT2D eigenvalue weighted by Gasteiger charge is 2.70. The average Bonchev–Trinajstić information content (AvgIpc) is 3.21. The van der Waals surface area contributed by atoms with E-state index in [0.29, 0.717) is 6.42 Å². The van der Waals surface area contributed by atoms with Crippen molar-refractivity contribution in [1.29, 1.82) is 0 Å². The van der Waals surface area contributed by atoms with Crippen LogP contribution in [0.3, 0.4) is 0 Å². The number of carbonyl (C=O) groups excluding carboxylic acids is 4. The van der Waals surface area contributed by atoms with Gasteiger partial charge in [0.15, 0.2) is 6.61 Å². The zero-order valence-corrected chi connectivity index (χ0v) is 17.4. The highest BCUT2D eigenvalue weighted by Crippen LogP contribution is 2.58. The summed E-state index contributed by atoms with van der Waals surface area (Å²) in [6, 6.07) is 0. The maximum atomic E-state index is 12.2. The fourth-order valence-corrected chi connectivity index (χ4v) is 4.40. The van der Waals surface area contributed by atoms with E-state index >= 15 is 0 Å². The Bertz CT molecular complexity index is 721. The summed E-state index contributed by atoms with van der Waals surface area (Å²) >= 11 is 1.54. The standard InChI is InChI=1S/C16H16B3IO8/c1-15(17,18)16(19,20)14(24)26-4-7(21)27-10-5-3-6-9(8(5)12(22)25-2)13(23)28-11(6)10/h5-6,8-11H,3-4H2,1-2H3/t5?,6-,8?,9?,10?,11?,16?/m1/s1. The Hall–Kier alpha value is -1.20. The maximum Gasteiger partial charge on any atom is 0.344 e. The fraction of sp³-hybridized carbons (Fsp3) is 0.750. The molecule has 0 aromatic rings. The van der Waals surface area contributed by atoms with E-state index in [1.165, 1.54) is 14.0 Å². The van der Waals surface area contributed by atoms with Gasteiger partial charge < -0.3 is 18.9 Å². The van der Waals surface area contributed by atoms with Crippen molar-refractivity contribution in [2.75, 3.05) is 13.7 Å². The van der Waals surface area contributed by atoms with Gasteiger partial charge in [-0.05, 0) is 6.42 Å². The van der Waals surface area contributed by atoms with E-state index in [-0.39, 0.29) is 5.92 Å². The van der Waals surface area contributed by atoms with Crippen LogP contribution >= 0.6 is 22.6 Å². The van der Waals surface area contributed by atoms with Gasteiger partial charge in [-0.1, -0.05) is 34.7 Å². The molecule has 8 nitrogen and oxygen atoms in total. The monoisotopic (exact) mass is 496 g/mol. The summed E-state index contributed by atoms with van der Waals surface area (Å²) in [7, 11) is 18.3. The van der Waals surface area contributed by atoms with Gasteiger partial charge in [-0.25, -0.2) is 4.79 Å². The van der Waals surface area contributed by atoms with Crippen LogP contribution in [0.15, 0.2) is 0 Å². The molecule has 3 rings (SSSR count). The second-order valence-electron chi connectivity index (χ2n) is 7.56. The molecule has 7 atom stereocenters. The third-order valence-corrected chi connectivity index (χ3v) is 7.29. The Morgan fingerprint density at radius 1 is 1.25 bits per heavy atom. The smallest absolute Gasteiger partial charge is 0.344 e. The summed E-state index contributed by atoms with van der Waals surface area (Å²) in [5, 5.41) is -1.58. The predicted molar refractivity (Wildman–Crippen MR) is 104 cm³/mol. The van der Waals surface area contributed by atoms with Crippen LogP contribution in [0, 0.1) is 23.7 Å². The van der Waals surface area contributed by atoms with Crippen LogP contribution in [0.5, 0.6) is 0 Å². The predicted octanol–water partition coefficient (Wildman–Crippen LogP) is -0.805. The van der Waals surface area contributed by atoms with Crippen molar-refractivity contribution in [3.63, 3.8) is 0 Å². The lowest BCUT2D eigenvalue weighted by atomic mass is 9.45. The second-order valence-corrected chi connectivity index (χ2v) is 9.27. The van der Waals surface area contributed by atoms with Crippen molar-refractivity contribution in [1.82, 2.24) is 0 Å². The number of halogens is 1. The average molecular weight is 496 g/mol. The number of alkyl halides is 1. The summed E-state index contributed by atoms with van der Waals surface area (Å²) < 4.78 is 18.6. The number of esters is 4. The van der Waals surface area contributed by atoms with Crippen molar-refractivity contribution < 1.29 is 38.1 Å². The van der Waals surface area contributed by atoms with E-state index in [0.717, 1.165) is 0 Å². The first kappa shape index (κ1) is 21.5. The Labute approximate surface area is 179 Å². The number of hydrogen-bond acceptors (Lipinski definition) is 8. The molecule has 3 fully saturated rings. The Morgan fingerprint density at radius 3 is 2.46 bits per heavy atom. The molecule has 0 spiro atoms. The summed E-state index contributed by atoms with van der Waals surface area (Å²) in [5.74, 6) is -4.76. The number of hydrogen-bond donors (Lipinski definition) is 0. The van der Waals surface area contributed by atoms with Gasteiger partial charge in [-0.3, -0.25) is 14.4 Å². The van der Waals surface area contributed by atoms with Crippen LogP contribution in [-0.2, 0) is 38.1 Å². The first-order valence-electron chi connectivity index (χ1n) is 8.60. The quantitative estimate of drug-likeness (QED) is 0.155. The number of methoxy groups -OCH3 is 1. The highest BCUT2D eigenvalue weighted by molar-refractivity contribution is 14.1. The van der Waals surface area contributed by atoms with Crippen LogP contribution < -0.4 is 0 Å². The molecule has 12 heteroatoms. The van der Waals surface area contributed by atoms with Gasteiger partial charge in [-0.15, -0.1) is 0 Å². The minimum absolute atomic E-state index is 0.205. The molecule has 28 heavy (non-hydrogen) atoms. The van der Waals surface area contributed by atoms with E-state index in [1.807, 2.05) is 0 Å². The Morgan fingerprint density at radius 2 is 1.89 bits per heavy atom. The molecule has 0 amide bonds. The normalized spacial score (nSPS) is 35.0. The molecule has 6 radical (unpaired) electrons. The molecule has 2 aliphatic carbocycles. The van der Waals surface area contributed by atoms with Gasteiger partial charge >= 0.3 is 23.9 Å². The first-order valence-corrected chi connectivity index (χ1v) is 9.68. The molecule has 3 aliphatic rings. The molecule has 0 aromatic carbocycles. The van der Waals surface area contributed by atoms with Crippen LogP contribution in [-0.4, -0.2) is 76.7 Å². The molecule has 0 N–H and O–H groups in total. The van der Waals surface area contributed by atoms with Gasteiger partial charge in [0, 0.05) is 11.8 Å². The molecule has 0 aromatic heterocycles. The van der Waals surface area contributed by atoms with Gasteiger partial charge in [0.1, 0.15) is 20.1 Å². The van der Waals surface area contributed by atoms with Gasteiger partial charge in [0.05, 0.1) is 38.0 Å². The fourth-order valence-electron chi connectivity index (χ4n) is 4.24. The SMILES string of the molecule is [B]C([B])(C)C([B])(I)C(=O)OCC(=O)OC1C2C[C@H]3C1OC(=O)C3C2C(=O)OC. The third-order valence-electron chi connectivity index (χ3n) is 5.69. The zero-order valence-electron chi connectivity index (χ0n) is 15.3. The second kappa shape index (κ2) is 7.25. The van der Waals surface area contributed by atoms with E-state index in [2.05, 4.69) is 0 Å². The minimum Gasteiger partial charge on any atom is -0.469 e. The molecule has 2 bridgehead atoms. The summed E-state index contributed by atoms with van der Waals surface area (Å²) in [5.41, 5.74) is 0. The topological polar surface area (TPSA) is 105 Å². The first-order chi connectivity index (χ1) is 12.9. The Kier molecular flexibility index (Phi) is 5.57. The number of rotatable bonds is 6. The lowest BCUT2D eigenvalue weighted by Crippen LogP contribution is -2.47. The van der Waals surface area contributed by atoms with Crippen LogP contribution in [0.25, 0.3) is 0 Å². The van der Waals surface area contributed by atoms with Crippen molar-refractivity contribution in [3.8, 4) is 0 Å². The summed E-state index contributed by atoms with van der Waals surface area (Å²) in [4.78, 5) is 48.5. The maximum absolute atomic E-state index is 12.2. The molecule has 2 saturated carbocycles. The van der Waals surface area contributed by atoms with Gasteiger partial charge in [0.2, 0.25) is 0 Å². The van der Waals surface area contributed by atoms with E-state index in [9.17, 15) is 19.2 Å². The number of fused-ring (bicyclic) bond motifs is 1. The lowest BCUT2D eigenvalue weighted by Gasteiger charge is -2.36. The van der Waals surface area contributed by atoms with E-state index in [1.54, 1.807) is 22.6 Å². The van der Waals surface area contributed by atoms with Crippen molar-refractivity contribution in [2.45, 2.75) is 34.1 Å². The van der Waals surface area contributed by atoms with Crippen molar-refractivity contribution in [2.24, 2.45) is 23.7 Å². The van der Waals surface area contributed by atoms with Crippen LogP contribution in [0.1, 0.15) is 13.3 Å². The minimum atomic E-state index is -1.76. The van der Waals surface area contributed by atoms with E-state index < -0.39 is 69.0 Å². The number of ether oxygens (including phenoxy) is 4. The molecule has 1 heterocycles. The molecule has 1 aliphatic heterocycles. The van der Waals surface area contributed by atoms with Crippen molar-refractivity contribution in [3.05, 3.63) is 0 Å². The van der Waals surface area contributed by atoms with E-state index in [4.69, 9.17) is 42.5 Å². The van der Waals surface area contributed by atoms with Gasteiger partial charge in [0.25, 0.3) is 0 Å². The Balaban J connectivity index is 1.63. The third kappa shape index (κ3) is 3.35. The summed E-state index contributed by atoms with van der Waals surface area (Å²) in [6.07, 6.45) is -0.908. The zero-order chi connectivity index (χ0) is 21.0. The molecule has 6 unspecified atom stereocenters. The van der Waals surface area contributed by atoms with Crippen molar-refractivity contribution >= 4 is 70.0 Å². The van der Waals surface area contributed by atoms with Gasteiger partial charge in [-0.2, -0.15) is 0 Å². The highest BCUT2D eigenvalue weighted by atomic mass is 127. The molecule has 1 saturated heterocycles. The molecule has 144 valence electrons. The van der Waals surface area contributed by atoms with Crippen LogP contribution in [0.4, 0.5) is 0 Å². The number of carbonyl (C=O) groups is 4.